The molecule has 160 valence electrons. The Hall–Kier alpha value is -3.22. The lowest BCUT2D eigenvalue weighted by atomic mass is 10.0. The topological polar surface area (TPSA) is 60.1 Å². The fraction of sp³-hybridized carbons (Fsp3) is 0.375. The van der Waals surface area contributed by atoms with E-state index in [0.717, 1.165) is 43.3 Å². The fourth-order valence-corrected chi connectivity index (χ4v) is 4.85. The maximum Gasteiger partial charge on any atom is 0.330 e. The number of carbonyl (C=O) groups is 1. The van der Waals surface area contributed by atoms with Crippen molar-refractivity contribution < 1.29 is 9.18 Å². The second-order valence-corrected chi connectivity index (χ2v) is 8.43. The van der Waals surface area contributed by atoms with Crippen LogP contribution in [0.5, 0.6) is 0 Å². The summed E-state index contributed by atoms with van der Waals surface area (Å²) in [6.45, 7) is 1.52. The number of pyridine rings is 1. The van der Waals surface area contributed by atoms with Crippen molar-refractivity contribution in [3.8, 4) is 0 Å². The van der Waals surface area contributed by atoms with Crippen molar-refractivity contribution in [1.29, 1.82) is 0 Å². The number of halogens is 1. The van der Waals surface area contributed by atoms with Crippen molar-refractivity contribution >= 4 is 17.1 Å². The number of hydrogen-bond acceptors (Lipinski definition) is 3. The second-order valence-electron chi connectivity index (χ2n) is 8.43. The molecule has 2 aromatic heterocycles. The molecule has 1 saturated heterocycles. The van der Waals surface area contributed by atoms with Crippen LogP contribution in [-0.2, 0) is 11.3 Å². The number of carbonyl (C=O) groups excluding carboxylic acids is 1. The van der Waals surface area contributed by atoms with E-state index < -0.39 is 0 Å². The molecule has 6 nitrogen and oxygen atoms in total. The van der Waals surface area contributed by atoms with Crippen LogP contribution in [0.3, 0.4) is 0 Å². The Kier molecular flexibility index (Phi) is 5.18. The quantitative estimate of drug-likeness (QED) is 0.607. The maximum atomic E-state index is 13.7. The zero-order chi connectivity index (χ0) is 21.4. The van der Waals surface area contributed by atoms with Gasteiger partial charge in [0.15, 0.2) is 5.65 Å². The summed E-state index contributed by atoms with van der Waals surface area (Å²) < 4.78 is 17.1. The minimum absolute atomic E-state index is 0.0305. The number of imidazole rings is 1. The zero-order valence-corrected chi connectivity index (χ0v) is 17.3. The molecule has 0 bridgehead atoms. The lowest BCUT2D eigenvalue weighted by Crippen LogP contribution is -2.45. The summed E-state index contributed by atoms with van der Waals surface area (Å²) in [7, 11) is 0. The Morgan fingerprint density at radius 2 is 2.00 bits per heavy atom. The highest BCUT2D eigenvalue weighted by Crippen LogP contribution is 2.28. The third-order valence-corrected chi connectivity index (χ3v) is 6.38. The van der Waals surface area contributed by atoms with Gasteiger partial charge in [0.2, 0.25) is 5.91 Å². The molecular formula is C24H25FN4O2. The maximum absolute atomic E-state index is 13.7. The molecule has 1 aliphatic heterocycles. The summed E-state index contributed by atoms with van der Waals surface area (Å²) in [5, 5.41) is 0. The molecule has 0 spiro atoms. The molecule has 0 saturated carbocycles. The molecule has 0 radical (unpaired) electrons. The van der Waals surface area contributed by atoms with Gasteiger partial charge >= 0.3 is 5.69 Å². The zero-order valence-electron chi connectivity index (χ0n) is 17.3. The minimum atomic E-state index is -0.324. The number of fused-ring (bicyclic) bond motifs is 1. The van der Waals surface area contributed by atoms with E-state index in [1.807, 2.05) is 17.0 Å². The lowest BCUT2D eigenvalue weighted by molar-refractivity contribution is -0.136. The van der Waals surface area contributed by atoms with Gasteiger partial charge < -0.3 is 4.90 Å². The van der Waals surface area contributed by atoms with Crippen molar-refractivity contribution in [3.05, 3.63) is 76.6 Å². The predicted molar refractivity (Wildman–Crippen MR) is 116 cm³/mol. The van der Waals surface area contributed by atoms with Crippen LogP contribution >= 0.6 is 0 Å². The fourth-order valence-electron chi connectivity index (χ4n) is 4.85. The van der Waals surface area contributed by atoms with Gasteiger partial charge in [0.25, 0.3) is 0 Å². The van der Waals surface area contributed by atoms with Gasteiger partial charge in [-0.25, -0.2) is 14.2 Å². The summed E-state index contributed by atoms with van der Waals surface area (Å²) in [6, 6.07) is 9.85. The molecular weight excluding hydrogens is 395 g/mol. The van der Waals surface area contributed by atoms with Gasteiger partial charge in [-0.2, -0.15) is 0 Å². The molecule has 31 heavy (non-hydrogen) atoms. The molecule has 7 heteroatoms. The van der Waals surface area contributed by atoms with Crippen molar-refractivity contribution in [1.82, 2.24) is 19.0 Å². The van der Waals surface area contributed by atoms with Crippen molar-refractivity contribution in [3.63, 3.8) is 0 Å². The van der Waals surface area contributed by atoms with E-state index in [1.165, 1.54) is 12.1 Å². The van der Waals surface area contributed by atoms with E-state index in [1.54, 1.807) is 27.5 Å². The Bertz CT molecular complexity index is 1200. The summed E-state index contributed by atoms with van der Waals surface area (Å²) in [6.07, 6.45) is 9.09. The van der Waals surface area contributed by atoms with Crippen LogP contribution in [0.25, 0.3) is 11.2 Å². The van der Waals surface area contributed by atoms with Gasteiger partial charge in [-0.15, -0.1) is 0 Å². The summed E-state index contributed by atoms with van der Waals surface area (Å²) in [5.74, 6) is -0.114. The molecule has 5 rings (SSSR count). The molecule has 1 aliphatic carbocycles. The molecule has 3 aromatic rings. The molecule has 1 amide bonds. The molecule has 1 aromatic carbocycles. The van der Waals surface area contributed by atoms with Crippen molar-refractivity contribution in [2.75, 3.05) is 13.1 Å². The van der Waals surface area contributed by atoms with Crippen LogP contribution in [0.4, 0.5) is 4.39 Å². The third-order valence-electron chi connectivity index (χ3n) is 6.38. The number of piperidine rings is 1. The number of rotatable bonds is 4. The molecule has 0 unspecified atom stereocenters. The first-order chi connectivity index (χ1) is 15.1. The number of likely N-dealkylation sites (tertiary alicyclic amines) is 1. The first-order valence-corrected chi connectivity index (χ1v) is 10.9. The molecule has 3 heterocycles. The standard InChI is InChI=1S/C24H25FN4O2/c25-19-9-3-6-17(14-19)15-28-21-11-4-12-26-22(21)29(24(28)31)20-10-5-13-27(16-20)23(30)18-7-1-2-8-18/h1-4,6,9,11-12,14,18,20H,5,7-8,10,13,15-16H2/t20-/m0/s1. The highest BCUT2D eigenvalue weighted by Gasteiger charge is 2.32. The molecule has 2 aliphatic rings. The summed E-state index contributed by atoms with van der Waals surface area (Å²) in [4.78, 5) is 32.8. The van der Waals surface area contributed by atoms with Crippen LogP contribution in [0, 0.1) is 11.7 Å². The van der Waals surface area contributed by atoms with Gasteiger partial charge in [-0.05, 0) is 55.5 Å². The van der Waals surface area contributed by atoms with Crippen LogP contribution in [0.2, 0.25) is 0 Å². The van der Waals surface area contributed by atoms with Gasteiger partial charge in [0.1, 0.15) is 5.82 Å². The van der Waals surface area contributed by atoms with Crippen LogP contribution in [0.1, 0.15) is 37.3 Å². The van der Waals surface area contributed by atoms with E-state index in [4.69, 9.17) is 0 Å². The number of nitrogens with zero attached hydrogens (tertiary/aromatic N) is 4. The van der Waals surface area contributed by atoms with E-state index in [0.29, 0.717) is 12.2 Å². The largest absolute Gasteiger partial charge is 0.340 e. The summed E-state index contributed by atoms with van der Waals surface area (Å²) >= 11 is 0. The van der Waals surface area contributed by atoms with Gasteiger partial charge in [0.05, 0.1) is 18.1 Å². The van der Waals surface area contributed by atoms with E-state index >= 15 is 0 Å². The first-order valence-electron chi connectivity index (χ1n) is 10.9. The minimum Gasteiger partial charge on any atom is -0.340 e. The third kappa shape index (κ3) is 3.69. The Balaban J connectivity index is 1.49. The van der Waals surface area contributed by atoms with Crippen LogP contribution in [-0.4, -0.2) is 38.0 Å². The Morgan fingerprint density at radius 1 is 1.16 bits per heavy atom. The average molecular weight is 420 g/mol. The molecule has 0 N–H and O–H groups in total. The summed E-state index contributed by atoms with van der Waals surface area (Å²) in [5.41, 5.74) is 1.89. The van der Waals surface area contributed by atoms with Crippen molar-refractivity contribution in [2.24, 2.45) is 5.92 Å². The van der Waals surface area contributed by atoms with Gasteiger partial charge in [-0.3, -0.25) is 13.9 Å². The number of amides is 1. The first kappa shape index (κ1) is 19.7. The SMILES string of the molecule is O=C(C1CC=CC1)N1CCC[C@H](n2c(=O)n(Cc3cccc(F)c3)c3cccnc32)C1. The smallest absolute Gasteiger partial charge is 0.330 e. The van der Waals surface area contributed by atoms with E-state index in [-0.39, 0.29) is 35.9 Å². The number of aromatic nitrogens is 3. The lowest BCUT2D eigenvalue weighted by Gasteiger charge is -2.34. The van der Waals surface area contributed by atoms with Crippen molar-refractivity contribution in [2.45, 2.75) is 38.3 Å². The number of allylic oxidation sites excluding steroid dienone is 2. The highest BCUT2D eigenvalue weighted by molar-refractivity contribution is 5.80. The highest BCUT2D eigenvalue weighted by atomic mass is 19.1. The Labute approximate surface area is 179 Å². The number of benzene rings is 1. The Morgan fingerprint density at radius 3 is 2.81 bits per heavy atom. The molecule has 1 atom stereocenters. The number of hydrogen-bond donors (Lipinski definition) is 0. The predicted octanol–water partition coefficient (Wildman–Crippen LogP) is 3.52. The van der Waals surface area contributed by atoms with Crippen LogP contribution in [0.15, 0.2) is 59.5 Å². The second kappa shape index (κ2) is 8.13. The van der Waals surface area contributed by atoms with Crippen LogP contribution < -0.4 is 5.69 Å². The van der Waals surface area contributed by atoms with E-state index in [9.17, 15) is 14.0 Å². The van der Waals surface area contributed by atoms with Gasteiger partial charge in [0, 0.05) is 25.2 Å². The average Bonchev–Trinajstić information content (AvgIpc) is 3.41. The normalized spacial score (nSPS) is 19.4. The van der Waals surface area contributed by atoms with E-state index in [2.05, 4.69) is 17.1 Å². The van der Waals surface area contributed by atoms with Gasteiger partial charge in [-0.1, -0.05) is 24.3 Å². The monoisotopic (exact) mass is 420 g/mol. The molecule has 1 fully saturated rings.